The quantitative estimate of drug-likeness (QED) is 0.816. The highest BCUT2D eigenvalue weighted by Gasteiger charge is 2.32. The fraction of sp³-hybridized carbons (Fsp3) is 0.333. The van der Waals surface area contributed by atoms with Crippen molar-refractivity contribution in [2.45, 2.75) is 38.8 Å². The third-order valence-electron chi connectivity index (χ3n) is 4.56. The Hall–Kier alpha value is -2.62. The van der Waals surface area contributed by atoms with Gasteiger partial charge < -0.3 is 10.6 Å². The number of hydrogen-bond acceptors (Lipinski definition) is 2. The zero-order valence-electron chi connectivity index (χ0n) is 14.5. The van der Waals surface area contributed by atoms with Crippen LogP contribution in [0.2, 0.25) is 0 Å². The molecule has 0 saturated heterocycles. The molecule has 4 nitrogen and oxygen atoms in total. The molecule has 2 N–H and O–H groups in total. The first kappa shape index (κ1) is 17.2. The first-order chi connectivity index (χ1) is 12.1. The Balaban J connectivity index is 1.60. The van der Waals surface area contributed by atoms with E-state index in [1.807, 2.05) is 42.5 Å². The largest absolute Gasteiger partial charge is 0.352 e. The van der Waals surface area contributed by atoms with E-state index < -0.39 is 0 Å². The lowest BCUT2D eigenvalue weighted by atomic mass is 10.0. The fourth-order valence-electron chi connectivity index (χ4n) is 2.95. The lowest BCUT2D eigenvalue weighted by molar-refractivity contribution is -0.119. The Morgan fingerprint density at radius 2 is 1.68 bits per heavy atom. The molecule has 0 bridgehead atoms. The lowest BCUT2D eigenvalue weighted by Crippen LogP contribution is -2.38. The fourth-order valence-corrected chi connectivity index (χ4v) is 2.95. The number of hydrogen-bond donors (Lipinski definition) is 2. The van der Waals surface area contributed by atoms with Crippen molar-refractivity contribution >= 4 is 11.8 Å². The van der Waals surface area contributed by atoms with Gasteiger partial charge >= 0.3 is 0 Å². The lowest BCUT2D eigenvalue weighted by Gasteiger charge is -2.18. The van der Waals surface area contributed by atoms with Crippen LogP contribution in [0.1, 0.15) is 41.3 Å². The second kappa shape index (κ2) is 7.97. The third kappa shape index (κ3) is 5.18. The molecule has 2 aromatic rings. The molecular formula is C21H24N2O2. The van der Waals surface area contributed by atoms with Crippen molar-refractivity contribution in [1.82, 2.24) is 10.6 Å². The average Bonchev–Trinajstić information content (AvgIpc) is 3.46. The molecule has 130 valence electrons. The molecule has 0 aromatic heterocycles. The van der Waals surface area contributed by atoms with Crippen molar-refractivity contribution in [3.63, 3.8) is 0 Å². The van der Waals surface area contributed by atoms with Gasteiger partial charge in [0, 0.05) is 25.1 Å². The van der Waals surface area contributed by atoms with E-state index in [9.17, 15) is 9.59 Å². The highest BCUT2D eigenvalue weighted by atomic mass is 16.2. The molecule has 4 heteroatoms. The molecule has 0 spiro atoms. The van der Waals surface area contributed by atoms with Crippen molar-refractivity contribution in [3.8, 4) is 0 Å². The summed E-state index contributed by atoms with van der Waals surface area (Å²) < 4.78 is 0. The minimum Gasteiger partial charge on any atom is -0.352 e. The summed E-state index contributed by atoms with van der Waals surface area (Å²) in [5, 5.41) is 5.96. The molecule has 1 aliphatic rings. The molecule has 2 aromatic carbocycles. The summed E-state index contributed by atoms with van der Waals surface area (Å²) in [5.74, 6) is 0.497. The number of benzene rings is 2. The minimum atomic E-state index is -0.0602. The number of nitrogens with one attached hydrogen (secondary N) is 2. The van der Waals surface area contributed by atoms with E-state index in [1.165, 1.54) is 25.3 Å². The van der Waals surface area contributed by atoms with Gasteiger partial charge in [0.25, 0.3) is 5.91 Å². The van der Waals surface area contributed by atoms with E-state index in [1.54, 1.807) is 0 Å². The van der Waals surface area contributed by atoms with E-state index in [4.69, 9.17) is 0 Å². The second-order valence-electron chi connectivity index (χ2n) is 6.71. The van der Waals surface area contributed by atoms with Crippen LogP contribution < -0.4 is 10.6 Å². The highest BCUT2D eigenvalue weighted by molar-refractivity contribution is 5.94. The van der Waals surface area contributed by atoms with Crippen LogP contribution >= 0.6 is 0 Å². The zero-order valence-corrected chi connectivity index (χ0v) is 14.5. The van der Waals surface area contributed by atoms with Gasteiger partial charge in [-0.25, -0.2) is 0 Å². The minimum absolute atomic E-state index is 0.0288. The SMILES string of the molecule is CC(=O)NCc1ccc(C(=O)NC(Cc2ccccc2)C2CC2)cc1. The van der Waals surface area contributed by atoms with Gasteiger partial charge in [0.1, 0.15) is 0 Å². The van der Waals surface area contributed by atoms with Crippen molar-refractivity contribution in [1.29, 1.82) is 0 Å². The van der Waals surface area contributed by atoms with Gasteiger partial charge in [-0.05, 0) is 48.4 Å². The average molecular weight is 336 g/mol. The monoisotopic (exact) mass is 336 g/mol. The first-order valence-electron chi connectivity index (χ1n) is 8.80. The smallest absolute Gasteiger partial charge is 0.251 e. The van der Waals surface area contributed by atoms with E-state index in [0.29, 0.717) is 18.0 Å². The topological polar surface area (TPSA) is 58.2 Å². The van der Waals surface area contributed by atoms with Crippen LogP contribution in [0, 0.1) is 5.92 Å². The van der Waals surface area contributed by atoms with Crippen LogP contribution in [0.25, 0.3) is 0 Å². The third-order valence-corrected chi connectivity index (χ3v) is 4.56. The number of rotatable bonds is 7. The molecule has 1 unspecified atom stereocenters. The molecule has 0 radical (unpaired) electrons. The Labute approximate surface area is 148 Å². The van der Waals surface area contributed by atoms with Gasteiger partial charge in [-0.3, -0.25) is 9.59 Å². The predicted molar refractivity (Wildman–Crippen MR) is 98.1 cm³/mol. The standard InChI is InChI=1S/C21H24N2O2/c1-15(24)22-14-17-7-9-19(10-8-17)21(25)23-20(18-11-12-18)13-16-5-3-2-4-6-16/h2-10,18,20H,11-14H2,1H3,(H,22,24)(H,23,25). The normalized spacial score (nSPS) is 14.6. The van der Waals surface area contributed by atoms with Crippen LogP contribution in [-0.2, 0) is 17.8 Å². The Morgan fingerprint density at radius 3 is 2.28 bits per heavy atom. The van der Waals surface area contributed by atoms with Crippen LogP contribution in [-0.4, -0.2) is 17.9 Å². The summed E-state index contributed by atoms with van der Waals surface area (Å²) in [4.78, 5) is 23.5. The Morgan fingerprint density at radius 1 is 1.00 bits per heavy atom. The summed E-state index contributed by atoms with van der Waals surface area (Å²) in [6, 6.07) is 17.9. The van der Waals surface area contributed by atoms with Crippen molar-refractivity contribution < 1.29 is 9.59 Å². The maximum atomic E-state index is 12.6. The molecule has 0 aliphatic heterocycles. The van der Waals surface area contributed by atoms with Gasteiger partial charge in [-0.2, -0.15) is 0 Å². The van der Waals surface area contributed by atoms with Crippen LogP contribution in [0.3, 0.4) is 0 Å². The number of amides is 2. The molecule has 1 saturated carbocycles. The number of carbonyl (C=O) groups is 2. The van der Waals surface area contributed by atoms with Crippen molar-refractivity contribution in [3.05, 3.63) is 71.3 Å². The van der Waals surface area contributed by atoms with E-state index in [0.717, 1.165) is 12.0 Å². The molecular weight excluding hydrogens is 312 g/mol. The summed E-state index contributed by atoms with van der Waals surface area (Å²) in [7, 11) is 0. The molecule has 3 rings (SSSR count). The van der Waals surface area contributed by atoms with E-state index in [-0.39, 0.29) is 17.9 Å². The maximum Gasteiger partial charge on any atom is 0.251 e. The van der Waals surface area contributed by atoms with Gasteiger partial charge in [0.15, 0.2) is 0 Å². The van der Waals surface area contributed by atoms with Crippen LogP contribution in [0.4, 0.5) is 0 Å². The molecule has 1 atom stereocenters. The summed E-state index contributed by atoms with van der Waals surface area (Å²) in [5.41, 5.74) is 2.89. The van der Waals surface area contributed by atoms with Crippen molar-refractivity contribution in [2.75, 3.05) is 0 Å². The zero-order chi connectivity index (χ0) is 17.6. The van der Waals surface area contributed by atoms with Gasteiger partial charge in [-0.1, -0.05) is 42.5 Å². The number of carbonyl (C=O) groups excluding carboxylic acids is 2. The summed E-state index contributed by atoms with van der Waals surface area (Å²) >= 11 is 0. The van der Waals surface area contributed by atoms with Crippen LogP contribution in [0.5, 0.6) is 0 Å². The summed E-state index contributed by atoms with van der Waals surface area (Å²) in [6.07, 6.45) is 3.25. The molecule has 0 heterocycles. The first-order valence-corrected chi connectivity index (χ1v) is 8.80. The van der Waals surface area contributed by atoms with E-state index >= 15 is 0 Å². The van der Waals surface area contributed by atoms with Gasteiger partial charge in [0.2, 0.25) is 5.91 Å². The van der Waals surface area contributed by atoms with Crippen LogP contribution in [0.15, 0.2) is 54.6 Å². The second-order valence-corrected chi connectivity index (χ2v) is 6.71. The van der Waals surface area contributed by atoms with Gasteiger partial charge in [-0.15, -0.1) is 0 Å². The van der Waals surface area contributed by atoms with Gasteiger partial charge in [0.05, 0.1) is 0 Å². The molecule has 2 amide bonds. The summed E-state index contributed by atoms with van der Waals surface area (Å²) in [6.45, 7) is 1.97. The molecule has 25 heavy (non-hydrogen) atoms. The highest BCUT2D eigenvalue weighted by Crippen LogP contribution is 2.34. The Kier molecular flexibility index (Phi) is 5.49. The maximum absolute atomic E-state index is 12.6. The Bertz CT molecular complexity index is 721. The molecule has 1 aliphatic carbocycles. The predicted octanol–water partition coefficient (Wildman–Crippen LogP) is 3.07. The van der Waals surface area contributed by atoms with Crippen molar-refractivity contribution in [2.24, 2.45) is 5.92 Å². The molecule has 1 fully saturated rings. The van der Waals surface area contributed by atoms with E-state index in [2.05, 4.69) is 22.8 Å².